The van der Waals surface area contributed by atoms with E-state index in [1.165, 1.54) is 0 Å². The fourth-order valence-electron chi connectivity index (χ4n) is 1.80. The molecule has 2 aromatic carbocycles. The molecule has 19 heavy (non-hydrogen) atoms. The van der Waals surface area contributed by atoms with Gasteiger partial charge < -0.3 is 0 Å². The Hall–Kier alpha value is -0.450. The zero-order valence-electron chi connectivity index (χ0n) is 9.85. The molecule has 0 radical (unpaired) electrons. The van der Waals surface area contributed by atoms with E-state index in [2.05, 4.69) is 31.9 Å². The maximum Gasteiger partial charge on any atom is 0.160 e. The molecule has 2 rings (SSSR count). The van der Waals surface area contributed by atoms with Crippen LogP contribution >= 0.6 is 43.5 Å². The van der Waals surface area contributed by atoms with Gasteiger partial charge in [0.25, 0.3) is 0 Å². The molecule has 0 fully saturated rings. The van der Waals surface area contributed by atoms with Gasteiger partial charge in [-0.3, -0.25) is 0 Å². The third kappa shape index (κ3) is 3.01. The predicted molar refractivity (Wildman–Crippen MR) is 81.0 cm³/mol. The molecule has 0 heterocycles. The second-order valence-electron chi connectivity index (χ2n) is 4.10. The van der Waals surface area contributed by atoms with Gasteiger partial charge in [-0.15, -0.1) is 0 Å². The summed E-state index contributed by atoms with van der Waals surface area (Å²) in [4.78, 5) is -0.299. The molecule has 0 aliphatic heterocycles. The summed E-state index contributed by atoms with van der Waals surface area (Å²) in [6.45, 7) is 1.95. The molecule has 0 aliphatic rings. The summed E-state index contributed by atoms with van der Waals surface area (Å²) in [6, 6.07) is 7.84. The summed E-state index contributed by atoms with van der Waals surface area (Å²) in [5, 5.41) is 0.195. The fourth-order valence-corrected chi connectivity index (χ4v) is 3.45. The number of benzene rings is 2. The van der Waals surface area contributed by atoms with Gasteiger partial charge in [-0.25, -0.2) is 8.78 Å². The number of halogens is 5. The van der Waals surface area contributed by atoms with Crippen LogP contribution in [0.2, 0.25) is 5.02 Å². The Morgan fingerprint density at radius 2 is 1.74 bits per heavy atom. The maximum absolute atomic E-state index is 13.4. The highest BCUT2D eigenvalue weighted by Gasteiger charge is 2.19. The van der Waals surface area contributed by atoms with Gasteiger partial charge >= 0.3 is 0 Å². The number of alkyl halides is 1. The van der Waals surface area contributed by atoms with Crippen LogP contribution < -0.4 is 0 Å². The van der Waals surface area contributed by atoms with Crippen LogP contribution in [-0.2, 0) is 0 Å². The van der Waals surface area contributed by atoms with Crippen molar-refractivity contribution in [2.45, 2.75) is 11.8 Å². The lowest BCUT2D eigenvalue weighted by Gasteiger charge is -2.16. The first kappa shape index (κ1) is 14.9. The van der Waals surface area contributed by atoms with Gasteiger partial charge in [-0.2, -0.15) is 0 Å². The number of hydrogen-bond acceptors (Lipinski definition) is 0. The number of hydrogen-bond donors (Lipinski definition) is 0. The zero-order valence-corrected chi connectivity index (χ0v) is 13.8. The van der Waals surface area contributed by atoms with Crippen molar-refractivity contribution in [3.05, 3.63) is 68.2 Å². The largest absolute Gasteiger partial charge is 0.204 e. The van der Waals surface area contributed by atoms with Crippen molar-refractivity contribution in [2.24, 2.45) is 0 Å². The van der Waals surface area contributed by atoms with E-state index in [0.29, 0.717) is 5.56 Å². The van der Waals surface area contributed by atoms with Gasteiger partial charge in [0.2, 0.25) is 0 Å². The van der Waals surface area contributed by atoms with Crippen LogP contribution in [0.15, 0.2) is 34.8 Å². The van der Waals surface area contributed by atoms with Gasteiger partial charge in [0, 0.05) is 9.50 Å². The Bertz CT molecular complexity index is 629. The Morgan fingerprint density at radius 1 is 1.11 bits per heavy atom. The van der Waals surface area contributed by atoms with Crippen molar-refractivity contribution in [1.29, 1.82) is 0 Å². The van der Waals surface area contributed by atoms with Crippen molar-refractivity contribution in [3.8, 4) is 0 Å². The molecule has 0 saturated heterocycles. The summed E-state index contributed by atoms with van der Waals surface area (Å²) in [7, 11) is 0. The average Bonchev–Trinajstić information content (AvgIpc) is 2.36. The highest BCUT2D eigenvalue weighted by Crippen LogP contribution is 2.39. The van der Waals surface area contributed by atoms with Crippen molar-refractivity contribution in [3.63, 3.8) is 0 Å². The van der Waals surface area contributed by atoms with Crippen LogP contribution in [0.1, 0.15) is 21.5 Å². The summed E-state index contributed by atoms with van der Waals surface area (Å²) >= 11 is 12.9. The van der Waals surface area contributed by atoms with E-state index >= 15 is 0 Å². The predicted octanol–water partition coefficient (Wildman–Crippen LogP) is 6.17. The quantitative estimate of drug-likeness (QED) is 0.410. The normalized spacial score (nSPS) is 12.5. The Balaban J connectivity index is 2.53. The molecule has 0 spiro atoms. The average molecular weight is 410 g/mol. The summed E-state index contributed by atoms with van der Waals surface area (Å²) in [5.41, 5.74) is 2.47. The molecule has 2 aromatic rings. The Morgan fingerprint density at radius 3 is 2.42 bits per heavy atom. The first-order valence-corrected chi connectivity index (χ1v) is 7.54. The lowest BCUT2D eigenvalue weighted by molar-refractivity contribution is 0.507. The highest BCUT2D eigenvalue weighted by atomic mass is 79.9. The van der Waals surface area contributed by atoms with Crippen LogP contribution in [0.25, 0.3) is 0 Å². The van der Waals surface area contributed by atoms with Crippen molar-refractivity contribution in [2.75, 3.05) is 0 Å². The van der Waals surface area contributed by atoms with E-state index in [0.717, 1.165) is 27.7 Å². The van der Waals surface area contributed by atoms with Gasteiger partial charge in [0.15, 0.2) is 11.6 Å². The topological polar surface area (TPSA) is 0 Å². The van der Waals surface area contributed by atoms with Crippen molar-refractivity contribution >= 4 is 43.5 Å². The molecule has 0 saturated carbocycles. The third-order valence-corrected chi connectivity index (χ3v) is 5.07. The molecule has 0 nitrogen and oxygen atoms in total. The molecule has 1 atom stereocenters. The summed E-state index contributed by atoms with van der Waals surface area (Å²) < 4.78 is 27.4. The fraction of sp³-hybridized carbons (Fsp3) is 0.143. The smallest absolute Gasteiger partial charge is 0.160 e. The van der Waals surface area contributed by atoms with Crippen LogP contribution in [0, 0.1) is 18.6 Å². The molecule has 0 bridgehead atoms. The first-order valence-electron chi connectivity index (χ1n) is 5.45. The standard InChI is InChI=1S/C14H9Br2ClF2/c1-7-8(3-2-4-10(7)15)14(16)9-5-12(18)13(19)6-11(9)17/h2-6,14H,1H3. The van der Waals surface area contributed by atoms with Crippen molar-refractivity contribution in [1.82, 2.24) is 0 Å². The van der Waals surface area contributed by atoms with E-state index in [1.807, 2.05) is 25.1 Å². The molecule has 0 amide bonds. The second kappa shape index (κ2) is 5.90. The van der Waals surface area contributed by atoms with Gasteiger partial charge in [-0.05, 0) is 41.8 Å². The minimum Gasteiger partial charge on any atom is -0.204 e. The van der Waals surface area contributed by atoms with Crippen LogP contribution in [0.3, 0.4) is 0 Å². The van der Waals surface area contributed by atoms with E-state index in [-0.39, 0.29) is 9.85 Å². The second-order valence-corrected chi connectivity index (χ2v) is 6.28. The summed E-state index contributed by atoms with van der Waals surface area (Å²) in [6.07, 6.45) is 0. The van der Waals surface area contributed by atoms with Crippen LogP contribution in [-0.4, -0.2) is 0 Å². The highest BCUT2D eigenvalue weighted by molar-refractivity contribution is 9.10. The minimum atomic E-state index is -0.945. The molecule has 1 unspecified atom stereocenters. The van der Waals surface area contributed by atoms with Crippen molar-refractivity contribution < 1.29 is 8.78 Å². The van der Waals surface area contributed by atoms with E-state index in [1.54, 1.807) is 0 Å². The SMILES string of the molecule is Cc1c(Br)cccc1C(Br)c1cc(F)c(F)cc1Cl. The third-order valence-electron chi connectivity index (χ3n) is 2.90. The molecule has 5 heteroatoms. The lowest BCUT2D eigenvalue weighted by Crippen LogP contribution is -1.99. The monoisotopic (exact) mass is 408 g/mol. The molecular formula is C14H9Br2ClF2. The first-order chi connectivity index (χ1) is 8.91. The number of rotatable bonds is 2. The Kier molecular flexibility index (Phi) is 4.64. The van der Waals surface area contributed by atoms with Crippen LogP contribution in [0.5, 0.6) is 0 Å². The van der Waals surface area contributed by atoms with Gasteiger partial charge in [0.1, 0.15) is 0 Å². The molecule has 0 N–H and O–H groups in total. The van der Waals surface area contributed by atoms with E-state index in [9.17, 15) is 8.78 Å². The van der Waals surface area contributed by atoms with Gasteiger partial charge in [-0.1, -0.05) is 55.6 Å². The lowest BCUT2D eigenvalue weighted by atomic mass is 10.0. The molecule has 100 valence electrons. The zero-order chi connectivity index (χ0) is 14.2. The molecular weight excluding hydrogens is 401 g/mol. The van der Waals surface area contributed by atoms with Gasteiger partial charge in [0.05, 0.1) is 4.83 Å². The summed E-state index contributed by atoms with van der Waals surface area (Å²) in [5.74, 6) is -1.85. The van der Waals surface area contributed by atoms with E-state index in [4.69, 9.17) is 11.6 Å². The minimum absolute atomic E-state index is 0.195. The van der Waals surface area contributed by atoms with E-state index < -0.39 is 11.6 Å². The maximum atomic E-state index is 13.4. The molecule has 0 aliphatic carbocycles. The Labute approximate surface area is 132 Å². The molecule has 0 aromatic heterocycles. The van der Waals surface area contributed by atoms with Crippen LogP contribution in [0.4, 0.5) is 8.78 Å².